The van der Waals surface area contributed by atoms with Gasteiger partial charge in [0.2, 0.25) is 0 Å². The van der Waals surface area contributed by atoms with E-state index in [0.29, 0.717) is 66.8 Å². The molecular formula is C25H30N4O7. The molecule has 1 saturated heterocycles. The van der Waals surface area contributed by atoms with Crippen LogP contribution in [-0.2, 0) is 9.53 Å². The highest BCUT2D eigenvalue weighted by atomic mass is 16.5. The van der Waals surface area contributed by atoms with Gasteiger partial charge in [-0.2, -0.15) is 0 Å². The normalized spacial score (nSPS) is 18.4. The van der Waals surface area contributed by atoms with Crippen molar-refractivity contribution in [3.8, 4) is 11.5 Å². The summed E-state index contributed by atoms with van der Waals surface area (Å²) in [5.74, 6) is 0.635. The van der Waals surface area contributed by atoms with Crippen LogP contribution in [0.1, 0.15) is 29.1 Å². The monoisotopic (exact) mass is 498 g/mol. The van der Waals surface area contributed by atoms with Crippen molar-refractivity contribution < 1.29 is 33.0 Å². The molecule has 2 aliphatic rings. The molecule has 11 heteroatoms. The lowest BCUT2D eigenvalue weighted by Gasteiger charge is -2.36. The fourth-order valence-corrected chi connectivity index (χ4v) is 4.36. The fourth-order valence-electron chi connectivity index (χ4n) is 4.36. The molecule has 0 radical (unpaired) electrons. The number of piperazine rings is 1. The van der Waals surface area contributed by atoms with Gasteiger partial charge in [-0.1, -0.05) is 6.07 Å². The number of amides is 3. The van der Waals surface area contributed by atoms with E-state index >= 15 is 0 Å². The van der Waals surface area contributed by atoms with E-state index in [9.17, 15) is 14.4 Å². The summed E-state index contributed by atoms with van der Waals surface area (Å²) < 4.78 is 21.3. The SMILES string of the molecule is CCOC(=O)C1=C(CN2CCN(C(=O)c3ccco3)CC2)NC(=O)N[C@H]1c1ccc(OC)c(OC)c1. The third-order valence-corrected chi connectivity index (χ3v) is 6.16. The molecule has 2 aromatic rings. The molecule has 3 amide bonds. The maximum absolute atomic E-state index is 13.1. The molecule has 1 aromatic carbocycles. The van der Waals surface area contributed by atoms with Crippen molar-refractivity contribution in [1.29, 1.82) is 0 Å². The maximum Gasteiger partial charge on any atom is 0.338 e. The molecule has 1 atom stereocenters. The van der Waals surface area contributed by atoms with Gasteiger partial charge >= 0.3 is 12.0 Å². The van der Waals surface area contributed by atoms with E-state index in [1.807, 2.05) is 0 Å². The Bertz CT molecular complexity index is 1140. The number of urea groups is 1. The Morgan fingerprint density at radius 2 is 1.83 bits per heavy atom. The van der Waals surface area contributed by atoms with Crippen molar-refractivity contribution in [2.45, 2.75) is 13.0 Å². The van der Waals surface area contributed by atoms with Gasteiger partial charge in [0.05, 0.1) is 38.7 Å². The number of furan rings is 1. The summed E-state index contributed by atoms with van der Waals surface area (Å²) in [6, 6.07) is 7.38. The van der Waals surface area contributed by atoms with E-state index in [-0.39, 0.29) is 12.5 Å². The summed E-state index contributed by atoms with van der Waals surface area (Å²) in [7, 11) is 3.06. The van der Waals surface area contributed by atoms with Crippen LogP contribution in [0.3, 0.4) is 0 Å². The highest BCUT2D eigenvalue weighted by molar-refractivity contribution is 5.95. The van der Waals surface area contributed by atoms with Gasteiger partial charge in [0.25, 0.3) is 5.91 Å². The van der Waals surface area contributed by atoms with Gasteiger partial charge in [0, 0.05) is 38.4 Å². The maximum atomic E-state index is 13.1. The smallest absolute Gasteiger partial charge is 0.338 e. The van der Waals surface area contributed by atoms with Crippen molar-refractivity contribution >= 4 is 17.9 Å². The Balaban J connectivity index is 1.57. The zero-order valence-corrected chi connectivity index (χ0v) is 20.5. The highest BCUT2D eigenvalue weighted by Gasteiger charge is 2.35. The van der Waals surface area contributed by atoms with Crippen molar-refractivity contribution in [2.75, 3.05) is 53.6 Å². The minimum absolute atomic E-state index is 0.158. The highest BCUT2D eigenvalue weighted by Crippen LogP contribution is 2.34. The summed E-state index contributed by atoms with van der Waals surface area (Å²) in [4.78, 5) is 42.1. The molecule has 2 N–H and O–H groups in total. The fraction of sp³-hybridized carbons (Fsp3) is 0.400. The molecule has 4 rings (SSSR count). The number of ether oxygens (including phenoxy) is 3. The number of hydrogen-bond donors (Lipinski definition) is 2. The van der Waals surface area contributed by atoms with Gasteiger partial charge in [0.1, 0.15) is 0 Å². The van der Waals surface area contributed by atoms with Crippen molar-refractivity contribution in [3.63, 3.8) is 0 Å². The van der Waals surface area contributed by atoms with Gasteiger partial charge in [-0.25, -0.2) is 9.59 Å². The Morgan fingerprint density at radius 1 is 1.08 bits per heavy atom. The number of nitrogens with one attached hydrogen (secondary N) is 2. The predicted octanol–water partition coefficient (Wildman–Crippen LogP) is 1.93. The summed E-state index contributed by atoms with van der Waals surface area (Å²) in [6.07, 6.45) is 1.47. The lowest BCUT2D eigenvalue weighted by molar-refractivity contribution is -0.139. The van der Waals surface area contributed by atoms with Crippen LogP contribution in [0.15, 0.2) is 52.3 Å². The minimum atomic E-state index is -0.741. The van der Waals surface area contributed by atoms with Gasteiger partial charge in [0.15, 0.2) is 17.3 Å². The summed E-state index contributed by atoms with van der Waals surface area (Å²) in [5, 5.41) is 5.62. The molecular weight excluding hydrogens is 468 g/mol. The van der Waals surface area contributed by atoms with E-state index in [0.717, 1.165) is 0 Å². The van der Waals surface area contributed by atoms with Crippen LogP contribution < -0.4 is 20.1 Å². The topological polar surface area (TPSA) is 123 Å². The van der Waals surface area contributed by atoms with E-state index in [2.05, 4.69) is 15.5 Å². The predicted molar refractivity (Wildman–Crippen MR) is 129 cm³/mol. The zero-order chi connectivity index (χ0) is 25.7. The second-order valence-electron chi connectivity index (χ2n) is 8.30. The van der Waals surface area contributed by atoms with Crippen LogP contribution >= 0.6 is 0 Å². The number of methoxy groups -OCH3 is 2. The van der Waals surface area contributed by atoms with E-state index in [1.54, 1.807) is 42.2 Å². The van der Waals surface area contributed by atoms with Crippen molar-refractivity contribution in [3.05, 3.63) is 59.2 Å². The van der Waals surface area contributed by atoms with Crippen molar-refractivity contribution in [2.24, 2.45) is 0 Å². The first-order valence-electron chi connectivity index (χ1n) is 11.7. The molecule has 11 nitrogen and oxygen atoms in total. The third-order valence-electron chi connectivity index (χ3n) is 6.16. The molecule has 3 heterocycles. The third kappa shape index (κ3) is 5.30. The minimum Gasteiger partial charge on any atom is -0.493 e. The van der Waals surface area contributed by atoms with Gasteiger partial charge in [-0.05, 0) is 36.8 Å². The first-order chi connectivity index (χ1) is 17.4. The summed E-state index contributed by atoms with van der Waals surface area (Å²) in [5.41, 5.74) is 1.43. The largest absolute Gasteiger partial charge is 0.493 e. The van der Waals surface area contributed by atoms with Gasteiger partial charge in [-0.15, -0.1) is 0 Å². The van der Waals surface area contributed by atoms with Gasteiger partial charge < -0.3 is 34.2 Å². The van der Waals surface area contributed by atoms with Crippen molar-refractivity contribution in [1.82, 2.24) is 20.4 Å². The molecule has 0 spiro atoms. The average molecular weight is 499 g/mol. The first-order valence-corrected chi connectivity index (χ1v) is 11.7. The van der Waals surface area contributed by atoms with Gasteiger partial charge in [-0.3, -0.25) is 9.69 Å². The average Bonchev–Trinajstić information content (AvgIpc) is 3.43. The number of hydrogen-bond acceptors (Lipinski definition) is 8. The Morgan fingerprint density at radius 3 is 2.47 bits per heavy atom. The second kappa shape index (κ2) is 11.2. The number of carbonyl (C=O) groups is 3. The Labute approximate surface area is 209 Å². The molecule has 1 fully saturated rings. The standard InChI is InChI=1S/C25H30N4O7/c1-4-35-24(31)21-17(15-28-9-11-29(12-10-28)23(30)19-6-5-13-36-19)26-25(32)27-22(21)16-7-8-18(33-2)20(14-16)34-3/h5-8,13-14,22H,4,9-12,15H2,1-3H3,(H2,26,27,32)/t22-/m0/s1. The molecule has 0 bridgehead atoms. The van der Waals surface area contributed by atoms with Crippen LogP contribution in [0.4, 0.5) is 4.79 Å². The van der Waals surface area contributed by atoms with Crippen LogP contribution in [0, 0.1) is 0 Å². The lowest BCUT2D eigenvalue weighted by Crippen LogP contribution is -2.52. The molecule has 0 aliphatic carbocycles. The summed E-state index contributed by atoms with van der Waals surface area (Å²) >= 11 is 0. The molecule has 1 aromatic heterocycles. The van der Waals surface area contributed by atoms with Crippen LogP contribution in [0.2, 0.25) is 0 Å². The molecule has 36 heavy (non-hydrogen) atoms. The summed E-state index contributed by atoms with van der Waals surface area (Å²) in [6.45, 7) is 4.35. The lowest BCUT2D eigenvalue weighted by atomic mass is 9.94. The number of esters is 1. The van der Waals surface area contributed by atoms with Crippen LogP contribution in [0.25, 0.3) is 0 Å². The molecule has 0 saturated carbocycles. The van der Waals surface area contributed by atoms with E-state index in [1.165, 1.54) is 20.5 Å². The Kier molecular flexibility index (Phi) is 7.79. The Hall–Kier alpha value is -3.99. The van der Waals surface area contributed by atoms with E-state index < -0.39 is 18.0 Å². The van der Waals surface area contributed by atoms with E-state index in [4.69, 9.17) is 18.6 Å². The van der Waals surface area contributed by atoms with Crippen LogP contribution in [0.5, 0.6) is 11.5 Å². The number of rotatable bonds is 8. The van der Waals surface area contributed by atoms with Crippen LogP contribution in [-0.4, -0.2) is 81.3 Å². The second-order valence-corrected chi connectivity index (χ2v) is 8.30. The first kappa shape index (κ1) is 25.1. The number of carbonyl (C=O) groups excluding carboxylic acids is 3. The number of nitrogens with zero attached hydrogens (tertiary/aromatic N) is 2. The molecule has 2 aliphatic heterocycles. The number of benzene rings is 1. The quantitative estimate of drug-likeness (QED) is 0.530. The molecule has 192 valence electrons. The molecule has 0 unspecified atom stereocenters. The zero-order valence-electron chi connectivity index (χ0n) is 20.5.